The third-order valence-electron chi connectivity index (χ3n) is 7.46. The van der Waals surface area contributed by atoms with Crippen molar-refractivity contribution in [1.82, 2.24) is 0 Å². The average molecular weight is 938 g/mol. The summed E-state index contributed by atoms with van der Waals surface area (Å²) in [6.45, 7) is 1.84. The molecule has 8 rings (SSSR count). The van der Waals surface area contributed by atoms with Crippen LogP contribution in [0.3, 0.4) is 0 Å². The maximum Gasteiger partial charge on any atom is 1.00 e. The molecule has 0 unspecified atom stereocenters. The summed E-state index contributed by atoms with van der Waals surface area (Å²) >= 11 is 0. The topological polar surface area (TPSA) is 369 Å². The molecule has 0 aliphatic carbocycles. The predicted octanol–water partition coefficient (Wildman–Crippen LogP) is 1.83. The molecule has 0 aromatic heterocycles. The van der Waals surface area contributed by atoms with E-state index in [0.29, 0.717) is 28.6 Å². The zero-order valence-electron chi connectivity index (χ0n) is 32.1. The van der Waals surface area contributed by atoms with Gasteiger partial charge in [-0.3, -0.25) is 34.6 Å². The van der Waals surface area contributed by atoms with E-state index in [9.17, 15) is 43.0 Å². The number of carbonyl (C=O) groups excluding carboxylic acids is 3. The van der Waals surface area contributed by atoms with Gasteiger partial charge in [0.2, 0.25) is 0 Å². The fourth-order valence-corrected chi connectivity index (χ4v) is 5.87. The fraction of sp³-hybridized carbons (Fsp3) is 0.206. The molecule has 0 radical (unpaired) electrons. The smallest absolute Gasteiger partial charge is 0.506 e. The molecule has 4 aliphatic heterocycles. The van der Waals surface area contributed by atoms with Gasteiger partial charge in [-0.1, -0.05) is 24.3 Å². The first kappa shape index (κ1) is 53.8. The maximum absolute atomic E-state index is 11.2. The van der Waals surface area contributed by atoms with Crippen LogP contribution in [0.1, 0.15) is 12.8 Å². The minimum atomic E-state index is -3.89. The van der Waals surface area contributed by atoms with Crippen LogP contribution in [0.2, 0.25) is 0 Å². The number of hydrogen-bond donors (Lipinski definition) is 6. The van der Waals surface area contributed by atoms with E-state index in [4.69, 9.17) is 56.3 Å². The van der Waals surface area contributed by atoms with Crippen molar-refractivity contribution in [3.8, 4) is 23.0 Å². The molecule has 24 nitrogen and oxygen atoms in total. The molecular weight excluding hydrogens is 902 g/mol. The molecule has 0 atom stereocenters. The normalized spacial score (nSPS) is 13.4. The minimum absolute atomic E-state index is 0. The Balaban J connectivity index is 0.000000388. The third-order valence-corrected chi connectivity index (χ3v) is 8.83. The van der Waals surface area contributed by atoms with Gasteiger partial charge < -0.3 is 61.6 Å². The second-order valence-corrected chi connectivity index (χ2v) is 14.1. The number of nitrogens with two attached hydrogens (primary N) is 2. The molecule has 8 N–H and O–H groups in total. The molecule has 62 heavy (non-hydrogen) atoms. The number of anilines is 5. The van der Waals surface area contributed by atoms with Crippen molar-refractivity contribution in [2.24, 2.45) is 5.34 Å². The number of carbonyl (C=O) groups is 3. The molecule has 1 fully saturated rings. The summed E-state index contributed by atoms with van der Waals surface area (Å²) in [5, 5.41) is 46.1. The number of phenolic OH excluding ortho intramolecular Hbond substituents is 1. The van der Waals surface area contributed by atoms with Gasteiger partial charge in [0, 0.05) is 36.0 Å². The number of aromatic hydroxyl groups is 1. The molecule has 4 aromatic rings. The van der Waals surface area contributed by atoms with E-state index >= 15 is 0 Å². The zero-order valence-corrected chi connectivity index (χ0v) is 36.5. The largest absolute Gasteiger partial charge is 1.00 e. The number of phenols is 1. The van der Waals surface area contributed by atoms with Gasteiger partial charge in [-0.15, -0.1) is 17.7 Å². The van der Waals surface area contributed by atoms with Crippen LogP contribution >= 0.6 is 23.1 Å². The van der Waals surface area contributed by atoms with Crippen molar-refractivity contribution < 1.29 is 86.3 Å². The molecule has 4 aromatic carbocycles. The number of nitrogens with one attached hydrogen (secondary N) is 3. The van der Waals surface area contributed by atoms with Gasteiger partial charge in [-0.25, -0.2) is 8.42 Å². The summed E-state index contributed by atoms with van der Waals surface area (Å²) in [7, 11) is 1.32. The molecule has 0 saturated carbocycles. The van der Waals surface area contributed by atoms with Crippen LogP contribution in [-0.2, 0) is 28.2 Å². The molecular formula is C34H35Cl2N8NaO16S. The van der Waals surface area contributed by atoms with Crippen LogP contribution in [0, 0.1) is 30.3 Å². The Morgan fingerprint density at radius 2 is 1.10 bits per heavy atom. The van der Waals surface area contributed by atoms with Gasteiger partial charge in [-0.2, -0.15) is 0 Å². The van der Waals surface area contributed by atoms with E-state index in [1.165, 1.54) is 55.3 Å². The zero-order chi connectivity index (χ0) is 44.4. The first-order valence-corrected chi connectivity index (χ1v) is 19.0. The number of para-hydroxylation sites is 4. The van der Waals surface area contributed by atoms with Crippen molar-refractivity contribution in [3.05, 3.63) is 103 Å². The van der Waals surface area contributed by atoms with Gasteiger partial charge in [0.05, 0.1) is 15.5 Å². The van der Waals surface area contributed by atoms with Gasteiger partial charge in [-0.05, 0) is 49.2 Å². The number of nitrogens with zero attached hydrogens (tertiary/aromatic N) is 3. The Morgan fingerprint density at radius 3 is 1.55 bits per heavy atom. The molecule has 1 saturated heterocycles. The summed E-state index contributed by atoms with van der Waals surface area (Å²) in [5.74, 6) is 0.0476. The van der Waals surface area contributed by atoms with Crippen LogP contribution < -0.4 is 71.2 Å². The number of rotatable bonds is 3. The number of nitro groups is 2. The summed E-state index contributed by atoms with van der Waals surface area (Å²) < 4.78 is 42.5. The Hall–Kier alpha value is -6.22. The Bertz CT molecular complexity index is 2340. The molecule has 3 amide bonds. The second kappa shape index (κ2) is 26.2. The number of amides is 3. The molecule has 4 aliphatic rings. The number of fused-ring (bicyclic) bond motifs is 3. The summed E-state index contributed by atoms with van der Waals surface area (Å²) in [4.78, 5) is 60.3. The quantitative estimate of drug-likeness (QED) is 0.0324. The van der Waals surface area contributed by atoms with Crippen molar-refractivity contribution in [1.29, 1.82) is 0 Å². The monoisotopic (exact) mass is 936 g/mol. The molecule has 4 heterocycles. The van der Waals surface area contributed by atoms with Crippen LogP contribution in [0.5, 0.6) is 23.0 Å². The Morgan fingerprint density at radius 1 is 0.694 bits per heavy atom. The maximum atomic E-state index is 11.2. The van der Waals surface area contributed by atoms with Crippen molar-refractivity contribution in [2.75, 3.05) is 60.5 Å². The van der Waals surface area contributed by atoms with Gasteiger partial charge in [0.15, 0.2) is 36.9 Å². The van der Waals surface area contributed by atoms with Gasteiger partial charge in [0.1, 0.15) is 33.5 Å². The predicted molar refractivity (Wildman–Crippen MR) is 221 cm³/mol. The first-order chi connectivity index (χ1) is 28.5. The van der Waals surface area contributed by atoms with Crippen molar-refractivity contribution in [2.45, 2.75) is 17.7 Å². The fourth-order valence-electron chi connectivity index (χ4n) is 4.84. The van der Waals surface area contributed by atoms with Crippen LogP contribution in [0.15, 0.2) is 83.0 Å². The van der Waals surface area contributed by atoms with Gasteiger partial charge in [0.25, 0.3) is 38.1 Å². The van der Waals surface area contributed by atoms with E-state index < -0.39 is 24.8 Å². The SMILES string of the molecule is C1CCOC1.Cl.Nc1c(O)cccc1[N+](=O)[O-].Nc1cccc2c1NC(=O)CO2.O=C1COc2cccc(S(=O)(=O)Cl)c2N1.O=C1COc2cccc([N+](=O)[O-])c2N1.O=N[O-].[Na+]. The average Bonchev–Trinajstić information content (AvgIpc) is 3.80. The summed E-state index contributed by atoms with van der Waals surface area (Å²) in [5.41, 5.74) is 11.5. The number of nitrogen functional groups attached to an aromatic ring is 2. The number of ether oxygens (including phenoxy) is 4. The number of halogens is 2. The summed E-state index contributed by atoms with van der Waals surface area (Å²) in [6, 6.07) is 17.9. The Labute approximate surface area is 383 Å². The van der Waals surface area contributed by atoms with E-state index in [-0.39, 0.29) is 113 Å². The first-order valence-electron chi connectivity index (χ1n) is 16.7. The minimum Gasteiger partial charge on any atom is -0.506 e. The van der Waals surface area contributed by atoms with Crippen LogP contribution in [0.4, 0.5) is 39.8 Å². The molecule has 0 bridgehead atoms. The number of hydrogen-bond acceptors (Lipinski definition) is 19. The molecule has 328 valence electrons. The van der Waals surface area contributed by atoms with E-state index in [0.717, 1.165) is 18.6 Å². The number of nitro benzene ring substituents is 2. The van der Waals surface area contributed by atoms with Crippen LogP contribution in [0.25, 0.3) is 0 Å². The Kier molecular flexibility index (Phi) is 22.7. The van der Waals surface area contributed by atoms with E-state index in [2.05, 4.69) is 16.0 Å². The summed E-state index contributed by atoms with van der Waals surface area (Å²) in [6.07, 6.45) is 2.56. The second-order valence-electron chi connectivity index (χ2n) is 11.6. The third kappa shape index (κ3) is 16.3. The van der Waals surface area contributed by atoms with Crippen molar-refractivity contribution in [3.63, 3.8) is 0 Å². The molecule has 0 spiro atoms. The number of benzene rings is 4. The van der Waals surface area contributed by atoms with Crippen LogP contribution in [-0.4, -0.2) is 74.1 Å². The van der Waals surface area contributed by atoms with Crippen molar-refractivity contribution >= 4 is 89.7 Å². The molecule has 28 heteroatoms. The van der Waals surface area contributed by atoms with Gasteiger partial charge >= 0.3 is 29.6 Å². The van der Waals surface area contributed by atoms with E-state index in [1.54, 1.807) is 30.3 Å². The van der Waals surface area contributed by atoms with E-state index in [1.807, 2.05) is 0 Å². The standard InChI is InChI=1S/C8H6ClNO4S.C8H6N2O4.C8H8N2O2.C6H6N2O3.C4H8O.ClH.HNO2.Na/c9-15(12,13)6-3-1-2-5-8(6)10-7(11)4-14-5;11-7-4-14-6-3-1-2-5(10(12)13)8(6)9-7;9-5-2-1-3-6-8(5)10-7(11)4-12-6;7-6-4(8(10)11)2-1-3-5(6)9;1-2-4-5-3-1;;2-1-3;/h1-3H,4H2,(H,10,11);1-3H,4H2,(H,9,11);1-3H,4,9H2,(H,10,11);1-3,9H,7H2;1-4H2;1H;(H,2,3);/q;;;;;;;+1/p-1.